The number of para-hydroxylation sites is 1. The topological polar surface area (TPSA) is 36.2 Å². The summed E-state index contributed by atoms with van der Waals surface area (Å²) in [6.07, 6.45) is 0. The SMILES string of the molecule is CC(C)c1cccc(C(C)C)c1N=C=N. The molecule has 15 heavy (non-hydrogen) atoms. The normalized spacial score (nSPS) is 10.5. The Kier molecular flexibility index (Phi) is 3.81. The third kappa shape index (κ3) is 2.54. The second-order valence-corrected chi connectivity index (χ2v) is 4.32. The van der Waals surface area contributed by atoms with Gasteiger partial charge in [0.15, 0.2) is 0 Å². The number of hydrogen-bond donors (Lipinski definition) is 1. The van der Waals surface area contributed by atoms with Crippen LogP contribution in [-0.2, 0) is 0 Å². The van der Waals surface area contributed by atoms with Crippen LogP contribution < -0.4 is 0 Å². The Hall–Kier alpha value is -1.40. The highest BCUT2D eigenvalue weighted by Crippen LogP contribution is 2.34. The van der Waals surface area contributed by atoms with Crippen molar-refractivity contribution in [1.82, 2.24) is 0 Å². The summed E-state index contributed by atoms with van der Waals surface area (Å²) in [6.45, 7) is 8.57. The molecule has 80 valence electrons. The Balaban J connectivity index is 3.41. The molecule has 0 aliphatic heterocycles. The Morgan fingerprint density at radius 1 is 1.07 bits per heavy atom. The zero-order chi connectivity index (χ0) is 11.4. The largest absolute Gasteiger partial charge is 0.241 e. The van der Waals surface area contributed by atoms with Crippen molar-refractivity contribution in [3.8, 4) is 0 Å². The summed E-state index contributed by atoms with van der Waals surface area (Å²) in [5, 5.41) is 7.00. The van der Waals surface area contributed by atoms with Gasteiger partial charge in [0.05, 0.1) is 11.7 Å². The average molecular weight is 202 g/mol. The Morgan fingerprint density at radius 3 is 1.87 bits per heavy atom. The van der Waals surface area contributed by atoms with Gasteiger partial charge in [0.1, 0.15) is 0 Å². The molecular formula is C13H18N2. The molecule has 0 unspecified atom stereocenters. The lowest BCUT2D eigenvalue weighted by atomic mass is 9.93. The van der Waals surface area contributed by atoms with Gasteiger partial charge < -0.3 is 0 Å². The van der Waals surface area contributed by atoms with Gasteiger partial charge in [0.2, 0.25) is 0 Å². The molecule has 0 heterocycles. The molecule has 0 spiro atoms. The second kappa shape index (κ2) is 4.90. The first-order valence-electron chi connectivity index (χ1n) is 5.33. The molecule has 0 saturated heterocycles. The predicted octanol–water partition coefficient (Wildman–Crippen LogP) is 4.32. The van der Waals surface area contributed by atoms with Crippen LogP contribution in [0.1, 0.15) is 50.7 Å². The summed E-state index contributed by atoms with van der Waals surface area (Å²) in [4.78, 5) is 4.07. The number of benzene rings is 1. The first kappa shape index (κ1) is 11.7. The van der Waals surface area contributed by atoms with Crippen molar-refractivity contribution in [1.29, 1.82) is 5.41 Å². The molecule has 0 fully saturated rings. The van der Waals surface area contributed by atoms with Crippen LogP contribution in [0.3, 0.4) is 0 Å². The highest BCUT2D eigenvalue weighted by molar-refractivity contribution is 5.61. The summed E-state index contributed by atoms with van der Waals surface area (Å²) in [5.74, 6) is 0.853. The monoisotopic (exact) mass is 202 g/mol. The third-order valence-electron chi connectivity index (χ3n) is 2.51. The van der Waals surface area contributed by atoms with E-state index >= 15 is 0 Å². The lowest BCUT2D eigenvalue weighted by molar-refractivity contribution is 0.835. The van der Waals surface area contributed by atoms with Crippen molar-refractivity contribution in [3.05, 3.63) is 29.3 Å². The highest BCUT2D eigenvalue weighted by Gasteiger charge is 2.12. The molecule has 0 atom stereocenters. The maximum absolute atomic E-state index is 7.00. The molecule has 2 heteroatoms. The zero-order valence-electron chi connectivity index (χ0n) is 9.83. The molecule has 0 aliphatic rings. The van der Waals surface area contributed by atoms with Crippen molar-refractivity contribution in [3.63, 3.8) is 0 Å². The molecule has 2 nitrogen and oxygen atoms in total. The van der Waals surface area contributed by atoms with Crippen LogP contribution >= 0.6 is 0 Å². The smallest absolute Gasteiger partial charge is 0.0918 e. The van der Waals surface area contributed by atoms with Crippen LogP contribution in [0.4, 0.5) is 5.69 Å². The van der Waals surface area contributed by atoms with Gasteiger partial charge in [0, 0.05) is 0 Å². The van der Waals surface area contributed by atoms with Crippen LogP contribution in [0.15, 0.2) is 23.2 Å². The summed E-state index contributed by atoms with van der Waals surface area (Å²) < 4.78 is 0. The molecule has 0 bridgehead atoms. The Labute approximate surface area is 91.6 Å². The van der Waals surface area contributed by atoms with E-state index in [1.807, 2.05) is 0 Å². The van der Waals surface area contributed by atoms with Crippen LogP contribution in [0.25, 0.3) is 0 Å². The van der Waals surface area contributed by atoms with Crippen LogP contribution in [0, 0.1) is 5.41 Å². The van der Waals surface area contributed by atoms with Gasteiger partial charge in [0.25, 0.3) is 0 Å². The molecular weight excluding hydrogens is 184 g/mol. The van der Waals surface area contributed by atoms with Crippen LogP contribution in [0.2, 0.25) is 0 Å². The van der Waals surface area contributed by atoms with Gasteiger partial charge in [-0.05, 0) is 23.0 Å². The molecule has 0 radical (unpaired) electrons. The standard InChI is InChI=1S/C13H18N2/c1-9(2)11-6-5-7-12(10(3)4)13(11)15-8-14/h5-7,9-10,14H,1-4H3. The van der Waals surface area contributed by atoms with Crippen molar-refractivity contribution >= 4 is 11.7 Å². The van der Waals surface area contributed by atoms with Crippen molar-refractivity contribution in [2.24, 2.45) is 4.99 Å². The minimum Gasteiger partial charge on any atom is -0.241 e. The predicted molar refractivity (Wildman–Crippen MR) is 64.4 cm³/mol. The zero-order valence-corrected chi connectivity index (χ0v) is 9.83. The lowest BCUT2D eigenvalue weighted by Gasteiger charge is -2.14. The van der Waals surface area contributed by atoms with Gasteiger partial charge in [-0.3, -0.25) is 0 Å². The van der Waals surface area contributed by atoms with E-state index in [-0.39, 0.29) is 0 Å². The number of nitrogens with one attached hydrogen (secondary N) is 1. The van der Waals surface area contributed by atoms with Gasteiger partial charge in [-0.2, -0.15) is 4.99 Å². The minimum absolute atomic E-state index is 0.427. The molecule has 0 saturated carbocycles. The van der Waals surface area contributed by atoms with E-state index in [4.69, 9.17) is 5.41 Å². The quantitative estimate of drug-likeness (QED) is 0.709. The fourth-order valence-corrected chi connectivity index (χ4v) is 1.70. The molecule has 0 amide bonds. The maximum Gasteiger partial charge on any atom is 0.0918 e. The minimum atomic E-state index is 0.427. The number of nitrogens with zero attached hydrogens (tertiary/aromatic N) is 1. The number of aliphatic imine (C=N–C) groups is 1. The highest BCUT2D eigenvalue weighted by atomic mass is 14.7. The third-order valence-corrected chi connectivity index (χ3v) is 2.51. The molecule has 1 N–H and O–H groups in total. The maximum atomic E-state index is 7.00. The second-order valence-electron chi connectivity index (χ2n) is 4.32. The molecule has 0 aromatic heterocycles. The van der Waals surface area contributed by atoms with Gasteiger partial charge in [-0.25, -0.2) is 5.41 Å². The van der Waals surface area contributed by atoms with E-state index in [9.17, 15) is 0 Å². The summed E-state index contributed by atoms with van der Waals surface area (Å²) >= 11 is 0. The van der Waals surface area contributed by atoms with Crippen molar-refractivity contribution < 1.29 is 0 Å². The van der Waals surface area contributed by atoms with Crippen molar-refractivity contribution in [2.45, 2.75) is 39.5 Å². The number of rotatable bonds is 3. The van der Waals surface area contributed by atoms with Crippen LogP contribution in [-0.4, -0.2) is 6.01 Å². The van der Waals surface area contributed by atoms with E-state index < -0.39 is 0 Å². The van der Waals surface area contributed by atoms with E-state index in [2.05, 4.69) is 56.9 Å². The lowest BCUT2D eigenvalue weighted by Crippen LogP contribution is -1.94. The summed E-state index contributed by atoms with van der Waals surface area (Å²) in [5.41, 5.74) is 3.32. The summed E-state index contributed by atoms with van der Waals surface area (Å²) in [6, 6.07) is 8.36. The van der Waals surface area contributed by atoms with E-state index in [0.717, 1.165) is 5.69 Å². The number of hydrogen-bond acceptors (Lipinski definition) is 2. The van der Waals surface area contributed by atoms with Gasteiger partial charge in [-0.1, -0.05) is 45.9 Å². The fourth-order valence-electron chi connectivity index (χ4n) is 1.70. The Bertz CT molecular complexity index is 359. The van der Waals surface area contributed by atoms with Gasteiger partial charge >= 0.3 is 0 Å². The fraction of sp³-hybridized carbons (Fsp3) is 0.462. The molecule has 1 rings (SSSR count). The van der Waals surface area contributed by atoms with Crippen LogP contribution in [0.5, 0.6) is 0 Å². The van der Waals surface area contributed by atoms with Gasteiger partial charge in [-0.15, -0.1) is 0 Å². The van der Waals surface area contributed by atoms with E-state index in [1.165, 1.54) is 11.1 Å². The first-order chi connectivity index (χ1) is 7.07. The average Bonchev–Trinajstić information content (AvgIpc) is 2.17. The molecule has 1 aromatic rings. The van der Waals surface area contributed by atoms with Crippen molar-refractivity contribution in [2.75, 3.05) is 0 Å². The molecule has 1 aromatic carbocycles. The molecule has 0 aliphatic carbocycles. The Morgan fingerprint density at radius 2 is 1.53 bits per heavy atom. The van der Waals surface area contributed by atoms with E-state index in [0.29, 0.717) is 11.8 Å². The first-order valence-corrected chi connectivity index (χ1v) is 5.33. The summed E-state index contributed by atoms with van der Waals surface area (Å²) in [7, 11) is 0. The van der Waals surface area contributed by atoms with E-state index in [1.54, 1.807) is 0 Å².